The van der Waals surface area contributed by atoms with Crippen LogP contribution in [0.5, 0.6) is 0 Å². The molecule has 3 heterocycles. The van der Waals surface area contributed by atoms with Crippen LogP contribution < -0.4 is 0 Å². The summed E-state index contributed by atoms with van der Waals surface area (Å²) < 4.78 is 1.83. The lowest BCUT2D eigenvalue weighted by Gasteiger charge is -2.20. The fourth-order valence-electron chi connectivity index (χ4n) is 3.82. The van der Waals surface area contributed by atoms with Gasteiger partial charge in [-0.25, -0.2) is 4.68 Å². The van der Waals surface area contributed by atoms with Gasteiger partial charge in [0.1, 0.15) is 5.52 Å². The molecule has 0 bridgehead atoms. The molecule has 2 aromatic rings. The Morgan fingerprint density at radius 1 is 1.32 bits per heavy atom. The van der Waals surface area contributed by atoms with Gasteiger partial charge in [0.15, 0.2) is 0 Å². The zero-order valence-corrected chi connectivity index (χ0v) is 12.9. The van der Waals surface area contributed by atoms with Crippen molar-refractivity contribution < 1.29 is 4.79 Å². The molecule has 6 nitrogen and oxygen atoms in total. The highest BCUT2D eigenvalue weighted by molar-refractivity contribution is 5.77. The Morgan fingerprint density at radius 2 is 2.18 bits per heavy atom. The molecule has 2 saturated heterocycles. The molecule has 1 amide bonds. The van der Waals surface area contributed by atoms with Crippen molar-refractivity contribution in [2.45, 2.75) is 25.4 Å². The maximum Gasteiger partial charge on any atom is 0.224 e. The van der Waals surface area contributed by atoms with Gasteiger partial charge in [0.2, 0.25) is 5.91 Å². The number of rotatable bonds is 3. The standard InChI is InChI=1S/C16H21N5O/c1-19-8-6-12-10-20(11-15(12)19)16(22)7-9-21-14-5-3-2-4-13(14)17-18-21/h2-5,12,15H,6-11H2,1H3/t12-,15+/m1/s1. The molecule has 2 fully saturated rings. The monoisotopic (exact) mass is 299 g/mol. The highest BCUT2D eigenvalue weighted by Crippen LogP contribution is 2.30. The molecular weight excluding hydrogens is 278 g/mol. The van der Waals surface area contributed by atoms with Gasteiger partial charge in [-0.1, -0.05) is 17.3 Å². The molecule has 0 unspecified atom stereocenters. The van der Waals surface area contributed by atoms with Crippen molar-refractivity contribution in [1.29, 1.82) is 0 Å². The number of para-hydroxylation sites is 1. The van der Waals surface area contributed by atoms with E-state index in [1.54, 1.807) is 0 Å². The van der Waals surface area contributed by atoms with E-state index in [9.17, 15) is 4.79 Å². The van der Waals surface area contributed by atoms with Crippen LogP contribution in [0.15, 0.2) is 24.3 Å². The van der Waals surface area contributed by atoms with Gasteiger partial charge in [0.25, 0.3) is 0 Å². The zero-order valence-electron chi connectivity index (χ0n) is 12.9. The topological polar surface area (TPSA) is 54.3 Å². The number of carbonyl (C=O) groups is 1. The first-order valence-corrected chi connectivity index (χ1v) is 7.98. The predicted octanol–water partition coefficient (Wildman–Crippen LogP) is 0.984. The molecule has 0 saturated carbocycles. The molecule has 2 aliphatic heterocycles. The van der Waals surface area contributed by atoms with E-state index in [0.29, 0.717) is 24.9 Å². The van der Waals surface area contributed by atoms with Crippen LogP contribution in [0.4, 0.5) is 0 Å². The number of amides is 1. The number of likely N-dealkylation sites (tertiary alicyclic amines) is 2. The quantitative estimate of drug-likeness (QED) is 0.848. The SMILES string of the molecule is CN1CC[C@@H]2CN(C(=O)CCn3nnc4ccccc43)C[C@@H]21. The van der Waals surface area contributed by atoms with E-state index in [4.69, 9.17) is 0 Å². The Hall–Kier alpha value is -1.95. The first kappa shape index (κ1) is 13.7. The maximum absolute atomic E-state index is 12.5. The van der Waals surface area contributed by atoms with Gasteiger partial charge in [0, 0.05) is 25.6 Å². The molecule has 6 heteroatoms. The zero-order chi connectivity index (χ0) is 15.1. The number of aryl methyl sites for hydroxylation is 1. The van der Waals surface area contributed by atoms with Gasteiger partial charge in [-0.3, -0.25) is 4.79 Å². The summed E-state index contributed by atoms with van der Waals surface area (Å²) in [6.07, 6.45) is 1.72. The first-order chi connectivity index (χ1) is 10.7. The Labute approximate surface area is 129 Å². The molecule has 2 aliphatic rings. The third-order valence-corrected chi connectivity index (χ3v) is 5.14. The molecule has 1 aromatic heterocycles. The summed E-state index contributed by atoms with van der Waals surface area (Å²) in [7, 11) is 2.17. The second kappa shape index (κ2) is 5.35. The van der Waals surface area contributed by atoms with Gasteiger partial charge in [-0.2, -0.15) is 0 Å². The van der Waals surface area contributed by atoms with Crippen LogP contribution in [0.3, 0.4) is 0 Å². The van der Waals surface area contributed by atoms with Crippen molar-refractivity contribution in [2.24, 2.45) is 5.92 Å². The van der Waals surface area contributed by atoms with Crippen LogP contribution in [0.2, 0.25) is 0 Å². The second-order valence-electron chi connectivity index (χ2n) is 6.45. The van der Waals surface area contributed by atoms with Crippen molar-refractivity contribution >= 4 is 16.9 Å². The van der Waals surface area contributed by atoms with E-state index in [0.717, 1.165) is 24.1 Å². The fourth-order valence-corrected chi connectivity index (χ4v) is 3.82. The lowest BCUT2D eigenvalue weighted by atomic mass is 10.1. The minimum Gasteiger partial charge on any atom is -0.341 e. The van der Waals surface area contributed by atoms with E-state index in [1.807, 2.05) is 33.8 Å². The van der Waals surface area contributed by atoms with Gasteiger partial charge in [-0.15, -0.1) is 5.10 Å². The Balaban J connectivity index is 1.39. The smallest absolute Gasteiger partial charge is 0.224 e. The second-order valence-corrected chi connectivity index (χ2v) is 6.45. The molecule has 1 aromatic carbocycles. The van der Waals surface area contributed by atoms with E-state index in [-0.39, 0.29) is 5.91 Å². The van der Waals surface area contributed by atoms with Crippen molar-refractivity contribution in [2.75, 3.05) is 26.7 Å². The highest BCUT2D eigenvalue weighted by Gasteiger charge is 2.40. The van der Waals surface area contributed by atoms with E-state index in [1.165, 1.54) is 13.0 Å². The fraction of sp³-hybridized carbons (Fsp3) is 0.562. The summed E-state index contributed by atoms with van der Waals surface area (Å²) in [5, 5.41) is 8.28. The number of likely N-dealkylation sites (N-methyl/N-ethyl adjacent to an activating group) is 1. The molecule has 2 atom stereocenters. The summed E-state index contributed by atoms with van der Waals surface area (Å²) in [5.74, 6) is 0.906. The van der Waals surface area contributed by atoms with Crippen molar-refractivity contribution in [1.82, 2.24) is 24.8 Å². The van der Waals surface area contributed by atoms with Crippen LogP contribution in [-0.4, -0.2) is 63.4 Å². The molecule has 22 heavy (non-hydrogen) atoms. The molecular formula is C16H21N5O. The summed E-state index contributed by atoms with van der Waals surface area (Å²) in [4.78, 5) is 16.9. The number of aromatic nitrogens is 3. The van der Waals surface area contributed by atoms with Crippen LogP contribution >= 0.6 is 0 Å². The van der Waals surface area contributed by atoms with E-state index in [2.05, 4.69) is 22.3 Å². The van der Waals surface area contributed by atoms with Crippen LogP contribution in [0.25, 0.3) is 11.0 Å². The third-order valence-electron chi connectivity index (χ3n) is 5.14. The molecule has 0 spiro atoms. The van der Waals surface area contributed by atoms with Crippen LogP contribution in [0.1, 0.15) is 12.8 Å². The van der Waals surface area contributed by atoms with E-state index >= 15 is 0 Å². The van der Waals surface area contributed by atoms with Crippen molar-refractivity contribution in [3.05, 3.63) is 24.3 Å². The molecule has 0 radical (unpaired) electrons. The minimum atomic E-state index is 0.238. The van der Waals surface area contributed by atoms with Crippen molar-refractivity contribution in [3.8, 4) is 0 Å². The number of hydrogen-bond donors (Lipinski definition) is 0. The lowest BCUT2D eigenvalue weighted by molar-refractivity contribution is -0.130. The number of carbonyl (C=O) groups excluding carboxylic acids is 1. The molecule has 116 valence electrons. The largest absolute Gasteiger partial charge is 0.341 e. The summed E-state index contributed by atoms with van der Waals surface area (Å²) in [5.41, 5.74) is 1.88. The highest BCUT2D eigenvalue weighted by atomic mass is 16.2. The number of nitrogens with zero attached hydrogens (tertiary/aromatic N) is 5. The maximum atomic E-state index is 12.5. The average Bonchev–Trinajstić information content (AvgIpc) is 3.21. The number of fused-ring (bicyclic) bond motifs is 2. The Morgan fingerprint density at radius 3 is 3.05 bits per heavy atom. The molecule has 4 rings (SSSR count). The summed E-state index contributed by atoms with van der Waals surface area (Å²) in [6.45, 7) is 3.58. The summed E-state index contributed by atoms with van der Waals surface area (Å²) in [6, 6.07) is 8.43. The van der Waals surface area contributed by atoms with Gasteiger partial charge >= 0.3 is 0 Å². The van der Waals surface area contributed by atoms with Crippen LogP contribution in [-0.2, 0) is 11.3 Å². The normalized spacial score (nSPS) is 25.0. The van der Waals surface area contributed by atoms with Crippen LogP contribution in [0, 0.1) is 5.92 Å². The number of benzene rings is 1. The molecule has 0 N–H and O–H groups in total. The van der Waals surface area contributed by atoms with E-state index < -0.39 is 0 Å². The Bertz CT molecular complexity index is 697. The summed E-state index contributed by atoms with van der Waals surface area (Å²) >= 11 is 0. The molecule has 0 aliphatic carbocycles. The predicted molar refractivity (Wildman–Crippen MR) is 83.3 cm³/mol. The van der Waals surface area contributed by atoms with Gasteiger partial charge in [0.05, 0.1) is 12.1 Å². The average molecular weight is 299 g/mol. The van der Waals surface area contributed by atoms with Gasteiger partial charge in [-0.05, 0) is 38.1 Å². The minimum absolute atomic E-state index is 0.238. The number of hydrogen-bond acceptors (Lipinski definition) is 4. The van der Waals surface area contributed by atoms with Gasteiger partial charge < -0.3 is 9.80 Å². The third kappa shape index (κ3) is 2.27. The first-order valence-electron chi connectivity index (χ1n) is 7.98. The lowest BCUT2D eigenvalue weighted by Crippen LogP contribution is -2.35. The van der Waals surface area contributed by atoms with Crippen molar-refractivity contribution in [3.63, 3.8) is 0 Å². The Kier molecular flexibility index (Phi) is 3.33.